The second kappa shape index (κ2) is 10.9. The van der Waals surface area contributed by atoms with E-state index in [9.17, 15) is 4.79 Å². The van der Waals surface area contributed by atoms with Gasteiger partial charge in [0, 0.05) is 36.8 Å². The minimum atomic E-state index is 0.0443. The number of rotatable bonds is 9. The second-order valence-corrected chi connectivity index (χ2v) is 9.26. The molecule has 0 aliphatic carbocycles. The lowest BCUT2D eigenvalue weighted by molar-refractivity contribution is 0.0663. The number of anilines is 2. The number of nitrogens with zero attached hydrogens (tertiary/aromatic N) is 6. The summed E-state index contributed by atoms with van der Waals surface area (Å²) in [5, 5.41) is 7.90. The standard InChI is InChI=1S/C25H36N8O2/c1-5-6-11-27-23-22-20(29-25(26)30-23)15-28-33(22)16-18-8-7-17(14-21(18)35-4)24(34)32-12-9-19(10-13-32)31(2)3/h7-8,14-15,19H,5-6,9-13,16H2,1-4H3,(H3,26,27,29,30). The van der Waals surface area contributed by atoms with Crippen molar-refractivity contribution >= 4 is 28.7 Å². The van der Waals surface area contributed by atoms with Crippen molar-refractivity contribution in [3.63, 3.8) is 0 Å². The lowest BCUT2D eigenvalue weighted by Crippen LogP contribution is -2.44. The number of hydrogen-bond acceptors (Lipinski definition) is 8. The molecule has 1 aromatic carbocycles. The zero-order valence-corrected chi connectivity index (χ0v) is 21.1. The first-order chi connectivity index (χ1) is 16.9. The lowest BCUT2D eigenvalue weighted by Gasteiger charge is -2.35. The van der Waals surface area contributed by atoms with Crippen LogP contribution < -0.4 is 15.8 Å². The third-order valence-corrected chi connectivity index (χ3v) is 6.66. The van der Waals surface area contributed by atoms with Gasteiger partial charge >= 0.3 is 0 Å². The monoisotopic (exact) mass is 480 g/mol. The number of likely N-dealkylation sites (tertiary alicyclic amines) is 1. The minimum absolute atomic E-state index is 0.0443. The number of nitrogens with two attached hydrogens (primary N) is 1. The molecule has 0 atom stereocenters. The largest absolute Gasteiger partial charge is 0.496 e. The van der Waals surface area contributed by atoms with Gasteiger partial charge in [0.25, 0.3) is 5.91 Å². The number of piperidine rings is 1. The summed E-state index contributed by atoms with van der Waals surface area (Å²) in [6.07, 6.45) is 5.77. The summed E-state index contributed by atoms with van der Waals surface area (Å²) < 4.78 is 7.52. The third-order valence-electron chi connectivity index (χ3n) is 6.66. The van der Waals surface area contributed by atoms with Crippen molar-refractivity contribution in [3.05, 3.63) is 35.5 Å². The van der Waals surface area contributed by atoms with Crippen molar-refractivity contribution in [3.8, 4) is 5.75 Å². The van der Waals surface area contributed by atoms with Gasteiger partial charge in [-0.15, -0.1) is 0 Å². The molecule has 0 radical (unpaired) electrons. The molecular weight excluding hydrogens is 444 g/mol. The van der Waals surface area contributed by atoms with Gasteiger partial charge in [-0.1, -0.05) is 19.4 Å². The third kappa shape index (κ3) is 5.48. The van der Waals surface area contributed by atoms with E-state index in [0.29, 0.717) is 35.2 Å². The maximum Gasteiger partial charge on any atom is 0.253 e. The molecule has 4 rings (SSSR count). The smallest absolute Gasteiger partial charge is 0.253 e. The molecule has 3 aromatic rings. The molecule has 1 aliphatic heterocycles. The number of nitrogen functional groups attached to an aromatic ring is 1. The predicted molar refractivity (Wildman–Crippen MR) is 138 cm³/mol. The van der Waals surface area contributed by atoms with Crippen LogP contribution in [0.15, 0.2) is 24.4 Å². The summed E-state index contributed by atoms with van der Waals surface area (Å²) in [6.45, 7) is 4.91. The fraction of sp³-hybridized carbons (Fsp3) is 0.520. The SMILES string of the molecule is CCCCNc1nc(N)nc2cnn(Cc3ccc(C(=O)N4CCC(N(C)C)CC4)cc3OC)c12. The maximum atomic E-state index is 13.2. The van der Waals surface area contributed by atoms with Crippen LogP contribution in [0.3, 0.4) is 0 Å². The van der Waals surface area contributed by atoms with Gasteiger partial charge in [-0.2, -0.15) is 10.1 Å². The molecule has 10 nitrogen and oxygen atoms in total. The van der Waals surface area contributed by atoms with Crippen LogP contribution in [0.25, 0.3) is 11.0 Å². The van der Waals surface area contributed by atoms with Crippen LogP contribution in [0, 0.1) is 0 Å². The first-order valence-electron chi connectivity index (χ1n) is 12.3. The van der Waals surface area contributed by atoms with Gasteiger partial charge in [-0.05, 0) is 45.5 Å². The number of carbonyl (C=O) groups is 1. The average molecular weight is 481 g/mol. The Hall–Kier alpha value is -3.40. The summed E-state index contributed by atoms with van der Waals surface area (Å²) in [4.78, 5) is 26.1. The summed E-state index contributed by atoms with van der Waals surface area (Å²) in [5.41, 5.74) is 8.93. The van der Waals surface area contributed by atoms with Gasteiger partial charge < -0.3 is 25.6 Å². The van der Waals surface area contributed by atoms with Crippen molar-refractivity contribution in [2.24, 2.45) is 0 Å². The van der Waals surface area contributed by atoms with E-state index in [2.05, 4.69) is 46.3 Å². The van der Waals surface area contributed by atoms with Crippen LogP contribution in [0.5, 0.6) is 5.75 Å². The molecule has 3 N–H and O–H groups in total. The Morgan fingerprint density at radius 1 is 1.26 bits per heavy atom. The average Bonchev–Trinajstić information content (AvgIpc) is 3.26. The Bertz CT molecular complexity index is 1170. The number of ether oxygens (including phenoxy) is 1. The molecule has 10 heteroatoms. The summed E-state index contributed by atoms with van der Waals surface area (Å²) in [6, 6.07) is 6.17. The first-order valence-corrected chi connectivity index (χ1v) is 12.3. The van der Waals surface area contributed by atoms with E-state index >= 15 is 0 Å². The number of carbonyl (C=O) groups excluding carboxylic acids is 1. The zero-order valence-electron chi connectivity index (χ0n) is 21.1. The van der Waals surface area contributed by atoms with Gasteiger partial charge in [-0.25, -0.2) is 4.98 Å². The van der Waals surface area contributed by atoms with Crippen molar-refractivity contribution in [2.45, 2.75) is 45.2 Å². The highest BCUT2D eigenvalue weighted by Crippen LogP contribution is 2.27. The highest BCUT2D eigenvalue weighted by Gasteiger charge is 2.25. The minimum Gasteiger partial charge on any atom is -0.496 e. The Morgan fingerprint density at radius 2 is 2.03 bits per heavy atom. The van der Waals surface area contributed by atoms with Gasteiger partial charge in [0.2, 0.25) is 5.95 Å². The van der Waals surface area contributed by atoms with Crippen LogP contribution in [-0.2, 0) is 6.54 Å². The fourth-order valence-corrected chi connectivity index (χ4v) is 4.58. The number of hydrogen-bond donors (Lipinski definition) is 2. The van der Waals surface area contributed by atoms with Crippen LogP contribution in [0.4, 0.5) is 11.8 Å². The number of fused-ring (bicyclic) bond motifs is 1. The number of methoxy groups -OCH3 is 1. The van der Waals surface area contributed by atoms with E-state index in [1.807, 2.05) is 27.8 Å². The Balaban J connectivity index is 1.55. The topological polar surface area (TPSA) is 114 Å². The summed E-state index contributed by atoms with van der Waals surface area (Å²) in [7, 11) is 5.82. The van der Waals surface area contributed by atoms with E-state index in [1.54, 1.807) is 13.3 Å². The van der Waals surface area contributed by atoms with E-state index in [-0.39, 0.29) is 11.9 Å². The number of aromatic nitrogens is 4. The van der Waals surface area contributed by atoms with Crippen molar-refractivity contribution in [1.29, 1.82) is 0 Å². The molecule has 188 valence electrons. The number of nitrogens with one attached hydrogen (secondary N) is 1. The second-order valence-electron chi connectivity index (χ2n) is 9.26. The van der Waals surface area contributed by atoms with Crippen LogP contribution in [0.1, 0.15) is 48.5 Å². The van der Waals surface area contributed by atoms with Crippen molar-refractivity contribution in [2.75, 3.05) is 51.9 Å². The van der Waals surface area contributed by atoms with Gasteiger partial charge in [-0.3, -0.25) is 9.48 Å². The normalized spacial score (nSPS) is 14.6. The van der Waals surface area contributed by atoms with Crippen LogP contribution in [0.2, 0.25) is 0 Å². The summed E-state index contributed by atoms with van der Waals surface area (Å²) >= 11 is 0. The van der Waals surface area contributed by atoms with Crippen LogP contribution >= 0.6 is 0 Å². The number of unbranched alkanes of at least 4 members (excludes halogenated alkanes) is 1. The number of amides is 1. The molecule has 0 spiro atoms. The predicted octanol–water partition coefficient (Wildman–Crippen LogP) is 2.84. The molecule has 2 aromatic heterocycles. The van der Waals surface area contributed by atoms with Crippen molar-refractivity contribution in [1.82, 2.24) is 29.5 Å². The molecule has 1 saturated heterocycles. The lowest BCUT2D eigenvalue weighted by atomic mass is 10.0. The number of benzene rings is 1. The van der Waals surface area contributed by atoms with Crippen LogP contribution in [-0.4, -0.2) is 82.3 Å². The molecule has 3 heterocycles. The van der Waals surface area contributed by atoms with E-state index < -0.39 is 0 Å². The Labute approximate surface area is 206 Å². The highest BCUT2D eigenvalue weighted by molar-refractivity contribution is 5.95. The molecular formula is C25H36N8O2. The van der Waals surface area contributed by atoms with E-state index in [1.165, 1.54) is 0 Å². The molecule has 0 bridgehead atoms. The van der Waals surface area contributed by atoms with Crippen molar-refractivity contribution < 1.29 is 9.53 Å². The van der Waals surface area contributed by atoms with Gasteiger partial charge in [0.15, 0.2) is 5.82 Å². The molecule has 1 amide bonds. The summed E-state index contributed by atoms with van der Waals surface area (Å²) in [5.74, 6) is 1.58. The highest BCUT2D eigenvalue weighted by atomic mass is 16.5. The quantitative estimate of drug-likeness (QED) is 0.450. The van der Waals surface area contributed by atoms with Gasteiger partial charge in [0.1, 0.15) is 16.8 Å². The molecule has 0 saturated carbocycles. The van der Waals surface area contributed by atoms with E-state index in [4.69, 9.17) is 10.5 Å². The molecule has 35 heavy (non-hydrogen) atoms. The molecule has 1 fully saturated rings. The first kappa shape index (κ1) is 24.7. The molecule has 0 unspecified atom stereocenters. The zero-order chi connectivity index (χ0) is 24.9. The Morgan fingerprint density at radius 3 is 2.71 bits per heavy atom. The molecule has 1 aliphatic rings. The Kier molecular flexibility index (Phi) is 7.70. The van der Waals surface area contributed by atoms with E-state index in [0.717, 1.165) is 56.4 Å². The fourth-order valence-electron chi connectivity index (χ4n) is 4.58. The van der Waals surface area contributed by atoms with Gasteiger partial charge in [0.05, 0.1) is 19.9 Å². The maximum absolute atomic E-state index is 13.2.